The Morgan fingerprint density at radius 3 is 2.29 bits per heavy atom. The molecular weight excluding hydrogens is 681 g/mol. The molecule has 1 N–H and O–H groups in total. The van der Waals surface area contributed by atoms with Crippen molar-refractivity contribution in [3.05, 3.63) is 215 Å². The van der Waals surface area contributed by atoms with Crippen LogP contribution in [0, 0.1) is 11.8 Å². The summed E-state index contributed by atoms with van der Waals surface area (Å²) in [7, 11) is 0. The molecule has 0 spiro atoms. The lowest BCUT2D eigenvalue weighted by Gasteiger charge is -2.30. The molecule has 4 atom stereocenters. The third-order valence-corrected chi connectivity index (χ3v) is 12.6. The Bertz CT molecular complexity index is 2640. The van der Waals surface area contributed by atoms with Gasteiger partial charge in [0.1, 0.15) is 6.17 Å². The Hall–Kier alpha value is -6.39. The van der Waals surface area contributed by atoms with Crippen molar-refractivity contribution in [2.24, 2.45) is 16.8 Å². The summed E-state index contributed by atoms with van der Waals surface area (Å²) >= 11 is 0. The standard InChI is InChI=1S/C52H44N4/c1-4-14-35(15-5-1)46-34-47(54-52(53-46)37-16-6-2-7-17-37)36-24-28-41(29-25-36)55-49-23-13-11-21-43(49)45-32-38(27-31-50(45)55)39-26-30-44-42-20-10-12-22-48(42)56(51(44)33-39)40-18-8-3-9-19-40/h1-19,21-24,26,28,30,32-34,42,44,51-53H,20,25,27,29,31H2. The second-order valence-corrected chi connectivity index (χ2v) is 15.7. The van der Waals surface area contributed by atoms with E-state index in [1.807, 2.05) is 0 Å². The van der Waals surface area contributed by atoms with Crippen LogP contribution < -0.4 is 10.2 Å². The molecule has 4 unspecified atom stereocenters. The number of hydrogen-bond donors (Lipinski definition) is 1. The summed E-state index contributed by atoms with van der Waals surface area (Å²) in [4.78, 5) is 7.88. The molecule has 0 amide bonds. The van der Waals surface area contributed by atoms with E-state index in [0.717, 1.165) is 43.5 Å². The van der Waals surface area contributed by atoms with E-state index in [-0.39, 0.29) is 6.17 Å². The summed E-state index contributed by atoms with van der Waals surface area (Å²) in [5, 5.41) is 5.05. The molecule has 272 valence electrons. The third-order valence-electron chi connectivity index (χ3n) is 12.6. The first kappa shape index (κ1) is 33.0. The SMILES string of the molecule is C1=CCC2C(=C1)N(c1ccccc1)C1C=C(C3=Cc4c(n(C5=CC=C(C6=NC(c7ccccc7)NC(c7ccccc7)=C6)CC5)c5ccccc45)CC3)C=CC21. The van der Waals surface area contributed by atoms with Crippen molar-refractivity contribution in [3.63, 3.8) is 0 Å². The van der Waals surface area contributed by atoms with Crippen molar-refractivity contribution >= 4 is 39.8 Å². The van der Waals surface area contributed by atoms with Gasteiger partial charge in [0.05, 0.1) is 17.3 Å². The Balaban J connectivity index is 0.940. The van der Waals surface area contributed by atoms with Crippen molar-refractivity contribution in [2.75, 3.05) is 4.90 Å². The molecule has 5 aromatic rings. The fraction of sp³-hybridized carbons (Fsp3) is 0.173. The minimum atomic E-state index is -0.132. The Kier molecular flexibility index (Phi) is 8.08. The van der Waals surface area contributed by atoms with Gasteiger partial charge in [-0.3, -0.25) is 4.99 Å². The Labute approximate surface area is 329 Å². The van der Waals surface area contributed by atoms with Crippen molar-refractivity contribution in [3.8, 4) is 0 Å². The molecular formula is C52H44N4. The molecule has 0 saturated carbocycles. The molecule has 1 aromatic heterocycles. The number of nitrogens with one attached hydrogen (secondary N) is 1. The van der Waals surface area contributed by atoms with Gasteiger partial charge in [-0.25, -0.2) is 0 Å². The maximum atomic E-state index is 5.27. The first-order valence-corrected chi connectivity index (χ1v) is 20.3. The lowest BCUT2D eigenvalue weighted by atomic mass is 9.79. The second-order valence-electron chi connectivity index (χ2n) is 15.7. The van der Waals surface area contributed by atoms with Crippen LogP contribution in [0.25, 0.3) is 28.4 Å². The van der Waals surface area contributed by atoms with Crippen LogP contribution in [-0.4, -0.2) is 16.3 Å². The molecule has 0 bridgehead atoms. The molecule has 4 aliphatic carbocycles. The maximum absolute atomic E-state index is 5.27. The van der Waals surface area contributed by atoms with E-state index < -0.39 is 0 Å². The van der Waals surface area contributed by atoms with Gasteiger partial charge in [-0.1, -0.05) is 134 Å². The number of nitrogens with zero attached hydrogens (tertiary/aromatic N) is 3. The summed E-state index contributed by atoms with van der Waals surface area (Å²) in [6.07, 6.45) is 28.8. The average Bonchev–Trinajstić information content (AvgIpc) is 3.79. The molecule has 1 saturated heterocycles. The highest BCUT2D eigenvalue weighted by molar-refractivity contribution is 6.13. The molecule has 2 aliphatic heterocycles. The number of rotatable bonds is 6. The zero-order chi connectivity index (χ0) is 37.0. The van der Waals surface area contributed by atoms with Crippen molar-refractivity contribution in [1.82, 2.24) is 9.88 Å². The van der Waals surface area contributed by atoms with Gasteiger partial charge in [0.15, 0.2) is 0 Å². The summed E-state index contributed by atoms with van der Waals surface area (Å²) in [6.45, 7) is 0. The van der Waals surface area contributed by atoms with Crippen LogP contribution in [0.1, 0.15) is 54.2 Å². The van der Waals surface area contributed by atoms with E-state index in [1.165, 1.54) is 67.1 Å². The van der Waals surface area contributed by atoms with Gasteiger partial charge in [-0.15, -0.1) is 0 Å². The number of benzene rings is 4. The summed E-state index contributed by atoms with van der Waals surface area (Å²) in [6, 6.07) is 41.5. The van der Waals surface area contributed by atoms with Crippen molar-refractivity contribution in [2.45, 2.75) is 44.3 Å². The number of aromatic nitrogens is 1. The minimum absolute atomic E-state index is 0.132. The monoisotopic (exact) mass is 724 g/mol. The number of aliphatic imine (C=N–C) groups is 1. The molecule has 4 heteroatoms. The molecule has 4 nitrogen and oxygen atoms in total. The van der Waals surface area contributed by atoms with Gasteiger partial charge in [0.25, 0.3) is 0 Å². The van der Waals surface area contributed by atoms with Gasteiger partial charge in [0.2, 0.25) is 0 Å². The van der Waals surface area contributed by atoms with Gasteiger partial charge in [0, 0.05) is 51.3 Å². The number of anilines is 1. The Morgan fingerprint density at radius 2 is 1.46 bits per heavy atom. The average molecular weight is 725 g/mol. The quantitative estimate of drug-likeness (QED) is 0.189. The highest BCUT2D eigenvalue weighted by Gasteiger charge is 2.44. The van der Waals surface area contributed by atoms with Crippen molar-refractivity contribution < 1.29 is 0 Å². The molecule has 0 radical (unpaired) electrons. The number of para-hydroxylation sites is 2. The summed E-state index contributed by atoms with van der Waals surface area (Å²) < 4.78 is 2.58. The largest absolute Gasteiger partial charge is 0.360 e. The van der Waals surface area contributed by atoms with Crippen LogP contribution in [0.2, 0.25) is 0 Å². The van der Waals surface area contributed by atoms with E-state index in [2.05, 4.69) is 191 Å². The zero-order valence-corrected chi connectivity index (χ0v) is 31.4. The van der Waals surface area contributed by atoms with E-state index >= 15 is 0 Å². The molecule has 6 aliphatic rings. The molecule has 1 fully saturated rings. The van der Waals surface area contributed by atoms with Gasteiger partial charge in [-0.2, -0.15) is 0 Å². The normalized spacial score (nSPS) is 23.7. The smallest absolute Gasteiger partial charge is 0.145 e. The van der Waals surface area contributed by atoms with E-state index in [0.29, 0.717) is 17.9 Å². The van der Waals surface area contributed by atoms with Crippen LogP contribution in [0.3, 0.4) is 0 Å². The maximum Gasteiger partial charge on any atom is 0.145 e. The zero-order valence-electron chi connectivity index (χ0n) is 31.4. The second kappa shape index (κ2) is 13.7. The fourth-order valence-electron chi connectivity index (χ4n) is 9.94. The van der Waals surface area contributed by atoms with E-state index in [9.17, 15) is 0 Å². The van der Waals surface area contributed by atoms with Crippen LogP contribution in [0.15, 0.2) is 197 Å². The predicted octanol–water partition coefficient (Wildman–Crippen LogP) is 11.8. The van der Waals surface area contributed by atoms with Crippen LogP contribution in [0.5, 0.6) is 0 Å². The molecule has 3 heterocycles. The Morgan fingerprint density at radius 1 is 0.696 bits per heavy atom. The summed E-state index contributed by atoms with van der Waals surface area (Å²) in [5.41, 5.74) is 16.8. The first-order chi connectivity index (χ1) is 27.8. The highest BCUT2D eigenvalue weighted by atomic mass is 15.2. The first-order valence-electron chi connectivity index (χ1n) is 20.3. The van der Waals surface area contributed by atoms with Crippen LogP contribution in [-0.2, 0) is 6.42 Å². The van der Waals surface area contributed by atoms with E-state index in [1.54, 1.807) is 0 Å². The topological polar surface area (TPSA) is 32.6 Å². The molecule has 11 rings (SSSR count). The fourth-order valence-corrected chi connectivity index (χ4v) is 9.94. The number of hydrogen-bond acceptors (Lipinski definition) is 3. The van der Waals surface area contributed by atoms with Gasteiger partial charge >= 0.3 is 0 Å². The molecule has 56 heavy (non-hydrogen) atoms. The van der Waals surface area contributed by atoms with Crippen LogP contribution in [0.4, 0.5) is 5.69 Å². The predicted molar refractivity (Wildman–Crippen MR) is 233 cm³/mol. The van der Waals surface area contributed by atoms with Gasteiger partial charge < -0.3 is 14.8 Å². The number of allylic oxidation sites excluding steroid dienone is 12. The third kappa shape index (κ3) is 5.62. The van der Waals surface area contributed by atoms with Crippen molar-refractivity contribution in [1.29, 1.82) is 0 Å². The lowest BCUT2D eigenvalue weighted by Crippen LogP contribution is -2.31. The van der Waals surface area contributed by atoms with E-state index in [4.69, 9.17) is 4.99 Å². The number of fused-ring (bicyclic) bond motifs is 6. The highest BCUT2D eigenvalue weighted by Crippen LogP contribution is 2.49. The lowest BCUT2D eigenvalue weighted by molar-refractivity contribution is 0.490. The van der Waals surface area contributed by atoms with Crippen LogP contribution >= 0.6 is 0 Å². The van der Waals surface area contributed by atoms with Gasteiger partial charge in [-0.05, 0) is 102 Å². The molecule has 4 aromatic carbocycles. The minimum Gasteiger partial charge on any atom is -0.360 e. The summed E-state index contributed by atoms with van der Waals surface area (Å²) in [5.74, 6) is 1.00.